The molecule has 1 aromatic heterocycles. The van der Waals surface area contributed by atoms with Gasteiger partial charge in [0.05, 0.1) is 13.7 Å². The predicted molar refractivity (Wildman–Crippen MR) is 77.5 cm³/mol. The monoisotopic (exact) mass is 289 g/mol. The van der Waals surface area contributed by atoms with Crippen LogP contribution in [0.1, 0.15) is 31.7 Å². The Hall–Kier alpha value is -2.08. The van der Waals surface area contributed by atoms with Gasteiger partial charge in [-0.15, -0.1) is 0 Å². The van der Waals surface area contributed by atoms with Gasteiger partial charge in [-0.05, 0) is 38.0 Å². The summed E-state index contributed by atoms with van der Waals surface area (Å²) < 4.78 is 16.5. The molecule has 6 heteroatoms. The van der Waals surface area contributed by atoms with Crippen molar-refractivity contribution in [3.63, 3.8) is 0 Å². The van der Waals surface area contributed by atoms with E-state index < -0.39 is 0 Å². The summed E-state index contributed by atoms with van der Waals surface area (Å²) in [6.45, 7) is 3.31. The molecule has 1 N–H and O–H groups in total. The van der Waals surface area contributed by atoms with Gasteiger partial charge in [-0.3, -0.25) is 5.10 Å². The van der Waals surface area contributed by atoms with Gasteiger partial charge < -0.3 is 14.2 Å². The lowest BCUT2D eigenvalue weighted by atomic mass is 10.2. The van der Waals surface area contributed by atoms with Crippen molar-refractivity contribution in [2.45, 2.75) is 25.9 Å². The third-order valence-electron chi connectivity index (χ3n) is 3.46. The Labute approximate surface area is 123 Å². The first-order chi connectivity index (χ1) is 10.3. The van der Waals surface area contributed by atoms with Gasteiger partial charge >= 0.3 is 0 Å². The number of aromatic amines is 1. The van der Waals surface area contributed by atoms with Crippen LogP contribution < -0.4 is 9.47 Å². The summed E-state index contributed by atoms with van der Waals surface area (Å²) in [6.07, 6.45) is 2.09. The third kappa shape index (κ3) is 2.85. The molecular formula is C15H19N3O3. The molecule has 1 aromatic carbocycles. The number of hydrogen-bond donors (Lipinski definition) is 1. The molecule has 21 heavy (non-hydrogen) atoms. The molecule has 1 unspecified atom stereocenters. The molecule has 0 amide bonds. The summed E-state index contributed by atoms with van der Waals surface area (Å²) in [4.78, 5) is 4.53. The molecule has 0 aliphatic carbocycles. The maximum Gasteiger partial charge on any atom is 0.181 e. The quantitative estimate of drug-likeness (QED) is 0.916. The molecule has 2 aromatic rings. The highest BCUT2D eigenvalue weighted by molar-refractivity contribution is 5.60. The molecule has 1 saturated heterocycles. The van der Waals surface area contributed by atoms with E-state index in [-0.39, 0.29) is 6.10 Å². The van der Waals surface area contributed by atoms with Gasteiger partial charge in [0.15, 0.2) is 23.1 Å². The highest BCUT2D eigenvalue weighted by Crippen LogP contribution is 2.32. The van der Waals surface area contributed by atoms with Gasteiger partial charge in [0, 0.05) is 12.2 Å². The Morgan fingerprint density at radius 1 is 1.38 bits per heavy atom. The zero-order valence-corrected chi connectivity index (χ0v) is 12.3. The number of nitrogens with zero attached hydrogens (tertiary/aromatic N) is 2. The molecule has 1 atom stereocenters. The number of hydrogen-bond acceptors (Lipinski definition) is 5. The SMILES string of the molecule is CCOc1cc(-c2n[nH]c(C3CCCO3)n2)ccc1OC. The summed E-state index contributed by atoms with van der Waals surface area (Å²) in [5.74, 6) is 2.83. The van der Waals surface area contributed by atoms with Gasteiger partial charge in [-0.1, -0.05) is 0 Å². The van der Waals surface area contributed by atoms with Gasteiger partial charge in [-0.25, -0.2) is 4.98 Å². The third-order valence-corrected chi connectivity index (χ3v) is 3.46. The van der Waals surface area contributed by atoms with Crippen molar-refractivity contribution < 1.29 is 14.2 Å². The second-order valence-corrected chi connectivity index (χ2v) is 4.84. The van der Waals surface area contributed by atoms with E-state index in [1.165, 1.54) is 0 Å². The van der Waals surface area contributed by atoms with Crippen molar-refractivity contribution in [2.24, 2.45) is 0 Å². The minimum Gasteiger partial charge on any atom is -0.493 e. The normalized spacial score (nSPS) is 17.9. The summed E-state index contributed by atoms with van der Waals surface area (Å²) >= 11 is 0. The van der Waals surface area contributed by atoms with E-state index in [1.54, 1.807) is 7.11 Å². The topological polar surface area (TPSA) is 69.3 Å². The molecule has 1 fully saturated rings. The number of aromatic nitrogens is 3. The Morgan fingerprint density at radius 2 is 2.29 bits per heavy atom. The molecule has 2 heterocycles. The fourth-order valence-corrected chi connectivity index (χ4v) is 2.42. The molecule has 0 spiro atoms. The fraction of sp³-hybridized carbons (Fsp3) is 0.467. The highest BCUT2D eigenvalue weighted by atomic mass is 16.5. The first kappa shape index (κ1) is 13.9. The Morgan fingerprint density at radius 3 is 3.00 bits per heavy atom. The minimum absolute atomic E-state index is 0.0378. The van der Waals surface area contributed by atoms with Crippen LogP contribution >= 0.6 is 0 Å². The first-order valence-corrected chi connectivity index (χ1v) is 7.17. The maximum absolute atomic E-state index is 5.61. The molecular weight excluding hydrogens is 270 g/mol. The van der Waals surface area contributed by atoms with Crippen molar-refractivity contribution in [3.05, 3.63) is 24.0 Å². The van der Waals surface area contributed by atoms with Crippen LogP contribution in [-0.4, -0.2) is 35.5 Å². The van der Waals surface area contributed by atoms with Crippen LogP contribution in [0, 0.1) is 0 Å². The predicted octanol–water partition coefficient (Wildman–Crippen LogP) is 2.73. The lowest BCUT2D eigenvalue weighted by Gasteiger charge is -2.09. The second-order valence-electron chi connectivity index (χ2n) is 4.84. The van der Waals surface area contributed by atoms with Gasteiger partial charge in [0.25, 0.3) is 0 Å². The van der Waals surface area contributed by atoms with E-state index in [2.05, 4.69) is 15.2 Å². The molecule has 0 radical (unpaired) electrons. The average molecular weight is 289 g/mol. The molecule has 112 valence electrons. The number of nitrogens with one attached hydrogen (secondary N) is 1. The lowest BCUT2D eigenvalue weighted by molar-refractivity contribution is 0.105. The number of H-pyrrole nitrogens is 1. The maximum atomic E-state index is 5.61. The zero-order chi connectivity index (χ0) is 14.7. The molecule has 1 aliphatic rings. The average Bonchev–Trinajstić information content (AvgIpc) is 3.18. The highest BCUT2D eigenvalue weighted by Gasteiger charge is 2.22. The molecule has 0 saturated carbocycles. The van der Waals surface area contributed by atoms with Crippen LogP contribution in [0.4, 0.5) is 0 Å². The fourth-order valence-electron chi connectivity index (χ4n) is 2.42. The van der Waals surface area contributed by atoms with Crippen molar-refractivity contribution in [1.82, 2.24) is 15.2 Å². The smallest absolute Gasteiger partial charge is 0.181 e. The van der Waals surface area contributed by atoms with E-state index in [1.807, 2.05) is 25.1 Å². The van der Waals surface area contributed by atoms with Crippen molar-refractivity contribution in [2.75, 3.05) is 20.3 Å². The van der Waals surface area contributed by atoms with Crippen LogP contribution in [0.15, 0.2) is 18.2 Å². The minimum atomic E-state index is 0.0378. The molecule has 3 rings (SSSR count). The summed E-state index contributed by atoms with van der Waals surface area (Å²) in [5, 5.41) is 7.24. The summed E-state index contributed by atoms with van der Waals surface area (Å²) in [7, 11) is 1.62. The van der Waals surface area contributed by atoms with E-state index in [0.717, 1.165) is 30.8 Å². The van der Waals surface area contributed by atoms with E-state index in [4.69, 9.17) is 14.2 Å². The summed E-state index contributed by atoms with van der Waals surface area (Å²) in [5.41, 5.74) is 0.889. The van der Waals surface area contributed by atoms with Gasteiger partial charge in [-0.2, -0.15) is 5.10 Å². The lowest BCUT2D eigenvalue weighted by Crippen LogP contribution is -1.98. The Kier molecular flexibility index (Phi) is 4.06. The number of rotatable bonds is 5. The standard InChI is InChI=1S/C15H19N3O3/c1-3-20-13-9-10(6-7-11(13)19-2)14-16-15(18-17-14)12-5-4-8-21-12/h6-7,9,12H,3-5,8H2,1-2H3,(H,16,17,18). The number of benzene rings is 1. The van der Waals surface area contributed by atoms with Crippen LogP contribution in [0.5, 0.6) is 11.5 Å². The molecule has 6 nitrogen and oxygen atoms in total. The van der Waals surface area contributed by atoms with Crippen LogP contribution in [-0.2, 0) is 4.74 Å². The Balaban J connectivity index is 1.87. The zero-order valence-electron chi connectivity index (χ0n) is 12.3. The van der Waals surface area contributed by atoms with E-state index in [0.29, 0.717) is 23.9 Å². The van der Waals surface area contributed by atoms with Crippen LogP contribution in [0.2, 0.25) is 0 Å². The van der Waals surface area contributed by atoms with Crippen molar-refractivity contribution >= 4 is 0 Å². The second kappa shape index (κ2) is 6.13. The molecule has 0 bridgehead atoms. The van der Waals surface area contributed by atoms with Gasteiger partial charge in [0.1, 0.15) is 6.10 Å². The van der Waals surface area contributed by atoms with Gasteiger partial charge in [0.2, 0.25) is 0 Å². The van der Waals surface area contributed by atoms with E-state index >= 15 is 0 Å². The molecule has 1 aliphatic heterocycles. The Bertz CT molecular complexity index is 606. The first-order valence-electron chi connectivity index (χ1n) is 7.17. The summed E-state index contributed by atoms with van der Waals surface area (Å²) in [6, 6.07) is 5.68. The van der Waals surface area contributed by atoms with Crippen LogP contribution in [0.25, 0.3) is 11.4 Å². The van der Waals surface area contributed by atoms with E-state index in [9.17, 15) is 0 Å². The van der Waals surface area contributed by atoms with Crippen molar-refractivity contribution in [1.29, 1.82) is 0 Å². The van der Waals surface area contributed by atoms with Crippen LogP contribution in [0.3, 0.4) is 0 Å². The number of ether oxygens (including phenoxy) is 3. The largest absolute Gasteiger partial charge is 0.493 e. The number of methoxy groups -OCH3 is 1. The van der Waals surface area contributed by atoms with Crippen molar-refractivity contribution in [3.8, 4) is 22.9 Å².